The zero-order valence-electron chi connectivity index (χ0n) is 22.6. The van der Waals surface area contributed by atoms with Crippen molar-refractivity contribution in [2.24, 2.45) is 0 Å². The van der Waals surface area contributed by atoms with Crippen molar-refractivity contribution in [2.45, 2.75) is 19.5 Å². The molecule has 44 heavy (non-hydrogen) atoms. The van der Waals surface area contributed by atoms with Crippen LogP contribution in [0.1, 0.15) is 21.1 Å². The number of carbonyl (C=O) groups excluding carboxylic acids is 1. The molecule has 1 fully saturated rings. The molecule has 3 heterocycles. The molecule has 1 aliphatic heterocycles. The van der Waals surface area contributed by atoms with Crippen molar-refractivity contribution in [3.63, 3.8) is 0 Å². The van der Waals surface area contributed by atoms with Crippen LogP contribution in [0.15, 0.2) is 48.7 Å². The van der Waals surface area contributed by atoms with Gasteiger partial charge < -0.3 is 25.6 Å². The van der Waals surface area contributed by atoms with Gasteiger partial charge in [-0.05, 0) is 49.4 Å². The molecule has 1 aliphatic rings. The van der Waals surface area contributed by atoms with E-state index in [1.807, 2.05) is 0 Å². The number of ether oxygens (including phenoxy) is 1. The first-order valence-electron chi connectivity index (χ1n) is 12.9. The molecule has 0 atom stereocenters. The second-order valence-electron chi connectivity index (χ2n) is 9.44. The molecule has 3 N–H and O–H groups in total. The fourth-order valence-corrected chi connectivity index (χ4v) is 5.61. The number of carbonyl (C=O) groups is 1. The predicted molar refractivity (Wildman–Crippen MR) is 154 cm³/mol. The molecule has 0 saturated carbocycles. The third-order valence-electron chi connectivity index (χ3n) is 6.30. The molecule has 5 rings (SSSR count). The number of nitrogens with one attached hydrogen (secondary N) is 3. The third-order valence-corrected chi connectivity index (χ3v) is 7.79. The second-order valence-corrected chi connectivity index (χ2v) is 10.8. The third kappa shape index (κ3) is 7.49. The van der Waals surface area contributed by atoms with Gasteiger partial charge in [-0.1, -0.05) is 11.6 Å². The van der Waals surface area contributed by atoms with Gasteiger partial charge >= 0.3 is 12.5 Å². The first-order chi connectivity index (χ1) is 20.8. The summed E-state index contributed by atoms with van der Waals surface area (Å²) in [5, 5.41) is 8.80. The van der Waals surface area contributed by atoms with Gasteiger partial charge in [0.2, 0.25) is 5.95 Å². The molecule has 9 nitrogen and oxygen atoms in total. The van der Waals surface area contributed by atoms with E-state index in [2.05, 4.69) is 40.5 Å². The van der Waals surface area contributed by atoms with E-state index in [0.29, 0.717) is 10.7 Å². The van der Waals surface area contributed by atoms with Crippen LogP contribution in [0, 0.1) is 6.92 Å². The maximum absolute atomic E-state index is 14.1. The number of thiazole rings is 1. The summed E-state index contributed by atoms with van der Waals surface area (Å²) in [7, 11) is 0. The molecule has 0 spiro atoms. The maximum Gasteiger partial charge on any atom is 0.573 e. The average molecular weight is 658 g/mol. The van der Waals surface area contributed by atoms with E-state index >= 15 is 0 Å². The quantitative estimate of drug-likeness (QED) is 0.185. The van der Waals surface area contributed by atoms with Gasteiger partial charge in [0.1, 0.15) is 15.6 Å². The summed E-state index contributed by atoms with van der Waals surface area (Å²) in [5.41, 5.74) is -0.225. The smallest absolute Gasteiger partial charge is 0.406 e. The molecular weight excluding hydrogens is 636 g/mol. The van der Waals surface area contributed by atoms with Gasteiger partial charge in [0.15, 0.2) is 5.69 Å². The molecule has 1 saturated heterocycles. The lowest BCUT2D eigenvalue weighted by molar-refractivity contribution is -0.274. The summed E-state index contributed by atoms with van der Waals surface area (Å²) >= 11 is 7.20. The van der Waals surface area contributed by atoms with Crippen LogP contribution in [-0.2, 0) is 6.18 Å². The largest absolute Gasteiger partial charge is 0.573 e. The van der Waals surface area contributed by atoms with Gasteiger partial charge in [0.05, 0.1) is 22.0 Å². The number of halogens is 7. The summed E-state index contributed by atoms with van der Waals surface area (Å²) in [4.78, 5) is 27.0. The highest BCUT2D eigenvalue weighted by Gasteiger charge is 2.38. The standard InChI is InChI=1S/C27H22ClF6N7O2S/c1-14-21(23(42)38-16-4-7-20(19(28)12-16)41-10-8-35-9-11-41)44-24(37-14)18-13-36-25(40-22(18)26(29,30)31)39-15-2-5-17(6-3-15)43-27(32,33)34/h2-7,12-13,35H,8-11H2,1H3,(H,38,42)(H,36,39,40). The van der Waals surface area contributed by atoms with Crippen molar-refractivity contribution in [1.29, 1.82) is 0 Å². The molecule has 2 aromatic heterocycles. The molecule has 2 aromatic carbocycles. The number of aromatic nitrogens is 3. The lowest BCUT2D eigenvalue weighted by Gasteiger charge is -2.30. The van der Waals surface area contributed by atoms with Gasteiger partial charge in [-0.3, -0.25) is 4.79 Å². The SMILES string of the molecule is Cc1nc(-c2cnc(Nc3ccc(OC(F)(F)F)cc3)nc2C(F)(F)F)sc1C(=O)Nc1ccc(N2CCNCC2)c(Cl)c1. The van der Waals surface area contributed by atoms with Crippen LogP contribution < -0.4 is 25.6 Å². The second kappa shape index (κ2) is 12.5. The van der Waals surface area contributed by atoms with E-state index in [9.17, 15) is 31.1 Å². The Balaban J connectivity index is 1.34. The van der Waals surface area contributed by atoms with Crippen molar-refractivity contribution in [3.8, 4) is 16.3 Å². The van der Waals surface area contributed by atoms with Gasteiger partial charge in [-0.15, -0.1) is 24.5 Å². The lowest BCUT2D eigenvalue weighted by Crippen LogP contribution is -2.43. The number of nitrogens with zero attached hydrogens (tertiary/aromatic N) is 4. The summed E-state index contributed by atoms with van der Waals surface area (Å²) in [6.45, 7) is 4.69. The van der Waals surface area contributed by atoms with Crippen LogP contribution in [-0.4, -0.2) is 53.4 Å². The molecule has 0 unspecified atom stereocenters. The monoisotopic (exact) mass is 657 g/mol. The van der Waals surface area contributed by atoms with Crippen LogP contribution in [0.25, 0.3) is 10.6 Å². The topological polar surface area (TPSA) is 104 Å². The van der Waals surface area contributed by atoms with Crippen LogP contribution in [0.3, 0.4) is 0 Å². The Morgan fingerprint density at radius 2 is 1.70 bits per heavy atom. The van der Waals surface area contributed by atoms with E-state index in [1.54, 1.807) is 18.2 Å². The van der Waals surface area contributed by atoms with Gasteiger partial charge in [-0.2, -0.15) is 13.2 Å². The molecule has 4 aromatic rings. The first-order valence-corrected chi connectivity index (χ1v) is 14.1. The highest BCUT2D eigenvalue weighted by molar-refractivity contribution is 7.17. The molecule has 232 valence electrons. The summed E-state index contributed by atoms with van der Waals surface area (Å²) in [6, 6.07) is 9.37. The summed E-state index contributed by atoms with van der Waals surface area (Å²) in [6.07, 6.45) is -8.91. The van der Waals surface area contributed by atoms with Crippen molar-refractivity contribution in [3.05, 3.63) is 69.9 Å². The number of hydrogen-bond donors (Lipinski definition) is 3. The molecule has 17 heteroatoms. The van der Waals surface area contributed by atoms with Crippen molar-refractivity contribution in [2.75, 3.05) is 41.7 Å². The van der Waals surface area contributed by atoms with E-state index in [4.69, 9.17) is 11.6 Å². The molecule has 1 amide bonds. The van der Waals surface area contributed by atoms with E-state index in [1.165, 1.54) is 6.92 Å². The van der Waals surface area contributed by atoms with Crippen molar-refractivity contribution in [1.82, 2.24) is 20.3 Å². The average Bonchev–Trinajstić information content (AvgIpc) is 3.35. The number of piperazine rings is 1. The number of hydrogen-bond acceptors (Lipinski definition) is 9. The summed E-state index contributed by atoms with van der Waals surface area (Å²) in [5.74, 6) is -1.55. The molecule has 0 radical (unpaired) electrons. The number of aryl methyl sites for hydroxylation is 1. The normalized spacial score (nSPS) is 14.0. The van der Waals surface area contributed by atoms with Gasteiger partial charge in [0, 0.05) is 43.8 Å². The fraction of sp³-hybridized carbons (Fsp3) is 0.259. The Kier molecular flexibility index (Phi) is 8.85. The molecule has 0 bridgehead atoms. The van der Waals surface area contributed by atoms with E-state index < -0.39 is 41.4 Å². The zero-order valence-corrected chi connectivity index (χ0v) is 24.2. The zero-order chi connectivity index (χ0) is 31.6. The summed E-state index contributed by atoms with van der Waals surface area (Å²) < 4.78 is 83.1. The first kappa shape index (κ1) is 31.3. The van der Waals surface area contributed by atoms with Crippen molar-refractivity contribution < 1.29 is 35.9 Å². The predicted octanol–water partition coefficient (Wildman–Crippen LogP) is 6.88. The van der Waals surface area contributed by atoms with Crippen molar-refractivity contribution >= 4 is 51.9 Å². The maximum atomic E-state index is 14.1. The van der Waals surface area contributed by atoms with Crippen LogP contribution >= 0.6 is 22.9 Å². The number of benzene rings is 2. The van der Waals surface area contributed by atoms with Gasteiger partial charge in [0.25, 0.3) is 5.91 Å². The number of alkyl halides is 6. The van der Waals surface area contributed by atoms with E-state index in [-0.39, 0.29) is 21.3 Å². The van der Waals surface area contributed by atoms with Gasteiger partial charge in [-0.25, -0.2) is 15.0 Å². The van der Waals surface area contributed by atoms with Crippen LogP contribution in [0.5, 0.6) is 5.75 Å². The van der Waals surface area contributed by atoms with E-state index in [0.717, 1.165) is 73.7 Å². The Morgan fingerprint density at radius 3 is 2.34 bits per heavy atom. The minimum absolute atomic E-state index is 0.0822. The minimum atomic E-state index is -4.93. The van der Waals surface area contributed by atoms with Crippen LogP contribution in [0.4, 0.5) is 49.4 Å². The lowest BCUT2D eigenvalue weighted by atomic mass is 10.2. The Bertz CT molecular complexity index is 1660. The Labute approximate surface area is 255 Å². The fourth-order valence-electron chi connectivity index (χ4n) is 4.34. The molecule has 0 aliphatic carbocycles. The highest BCUT2D eigenvalue weighted by Crippen LogP contribution is 2.39. The number of rotatable bonds is 7. The number of amides is 1. The highest BCUT2D eigenvalue weighted by atomic mass is 35.5. The minimum Gasteiger partial charge on any atom is -0.406 e. The Hall–Kier alpha value is -4.15. The number of anilines is 4. The Morgan fingerprint density at radius 1 is 1.02 bits per heavy atom. The molecular formula is C27H22ClF6N7O2S. The van der Waals surface area contributed by atoms with Crippen LogP contribution in [0.2, 0.25) is 5.02 Å².